The zero-order chi connectivity index (χ0) is 10.5. The second kappa shape index (κ2) is 2.60. The van der Waals surface area contributed by atoms with E-state index in [1.165, 1.54) is 0 Å². The normalized spacial score (nSPS) is 34.7. The maximum absolute atomic E-state index is 12.1. The van der Waals surface area contributed by atoms with Crippen molar-refractivity contribution in [3.63, 3.8) is 0 Å². The van der Waals surface area contributed by atoms with Crippen LogP contribution in [0, 0.1) is 5.92 Å². The lowest BCUT2D eigenvalue weighted by Gasteiger charge is -2.14. The van der Waals surface area contributed by atoms with E-state index in [-0.39, 0.29) is 0 Å². The van der Waals surface area contributed by atoms with Crippen molar-refractivity contribution in [1.82, 2.24) is 0 Å². The van der Waals surface area contributed by atoms with Gasteiger partial charge in [0.1, 0.15) is 0 Å². The molecule has 1 aliphatic rings. The molecule has 1 rings (SSSR count). The number of halogens is 3. The smallest absolute Gasteiger partial charge is 0.329 e. The van der Waals surface area contributed by atoms with Crippen LogP contribution in [0.2, 0.25) is 0 Å². The molecule has 0 bridgehead atoms. The van der Waals surface area contributed by atoms with Crippen LogP contribution in [-0.4, -0.2) is 32.1 Å². The van der Waals surface area contributed by atoms with Crippen LogP contribution in [0.15, 0.2) is 0 Å². The maximum atomic E-state index is 12.1. The quantitative estimate of drug-likeness (QED) is 0.724. The van der Waals surface area contributed by atoms with Crippen molar-refractivity contribution >= 4 is 9.84 Å². The van der Waals surface area contributed by atoms with Gasteiger partial charge in [-0.2, -0.15) is 13.2 Å². The van der Waals surface area contributed by atoms with Crippen molar-refractivity contribution in [3.05, 3.63) is 0 Å². The summed E-state index contributed by atoms with van der Waals surface area (Å²) in [5.41, 5.74) is 5.06. The fourth-order valence-electron chi connectivity index (χ4n) is 1.49. The maximum Gasteiger partial charge on any atom is 0.393 e. The van der Waals surface area contributed by atoms with Crippen LogP contribution in [0.25, 0.3) is 0 Å². The zero-order valence-electron chi connectivity index (χ0n) is 6.93. The van der Waals surface area contributed by atoms with Gasteiger partial charge in [-0.3, -0.25) is 0 Å². The van der Waals surface area contributed by atoms with Gasteiger partial charge in [0.05, 0.1) is 10.7 Å². The van der Waals surface area contributed by atoms with Crippen LogP contribution in [0.4, 0.5) is 13.2 Å². The van der Waals surface area contributed by atoms with Crippen LogP contribution in [0.1, 0.15) is 6.42 Å². The summed E-state index contributed by atoms with van der Waals surface area (Å²) in [6.45, 7) is -0.462. The Balaban J connectivity index is 2.95. The van der Waals surface area contributed by atoms with E-state index in [0.717, 1.165) is 6.26 Å². The van der Waals surface area contributed by atoms with Crippen LogP contribution in [0.5, 0.6) is 0 Å². The summed E-state index contributed by atoms with van der Waals surface area (Å²) in [5.74, 6) is -1.78. The molecule has 0 aromatic heterocycles. The zero-order valence-corrected chi connectivity index (χ0v) is 7.74. The van der Waals surface area contributed by atoms with E-state index in [4.69, 9.17) is 5.73 Å². The number of hydrogen-bond donors (Lipinski definition) is 1. The molecule has 0 amide bonds. The molecule has 7 heteroatoms. The summed E-state index contributed by atoms with van der Waals surface area (Å²) in [7, 11) is -3.72. The minimum Gasteiger partial charge on any atom is -0.329 e. The van der Waals surface area contributed by atoms with Crippen molar-refractivity contribution in [2.75, 3.05) is 12.8 Å². The lowest BCUT2D eigenvalue weighted by Crippen LogP contribution is -2.36. The molecule has 2 N–H and O–H groups in total. The van der Waals surface area contributed by atoms with Gasteiger partial charge in [-0.1, -0.05) is 0 Å². The summed E-state index contributed by atoms with van der Waals surface area (Å²) in [6.07, 6.45) is -4.06. The fourth-order valence-corrected chi connectivity index (χ4v) is 2.91. The standard InChI is InChI=1S/C6H10F3NO2S/c1-13(11,12)5(3-10)2-4(5)6(7,8)9/h4H,2-3,10H2,1H3. The molecule has 0 aliphatic heterocycles. The van der Waals surface area contributed by atoms with E-state index in [2.05, 4.69) is 0 Å². The first-order chi connectivity index (χ1) is 5.65. The predicted molar refractivity (Wildman–Crippen MR) is 40.8 cm³/mol. The van der Waals surface area contributed by atoms with Gasteiger partial charge in [0.2, 0.25) is 0 Å². The van der Waals surface area contributed by atoms with Gasteiger partial charge in [0.25, 0.3) is 0 Å². The van der Waals surface area contributed by atoms with Crippen molar-refractivity contribution in [1.29, 1.82) is 0 Å². The first-order valence-electron chi connectivity index (χ1n) is 3.61. The Hall–Kier alpha value is -0.300. The summed E-state index contributed by atoms with van der Waals surface area (Å²) in [6, 6.07) is 0. The van der Waals surface area contributed by atoms with Gasteiger partial charge in [-0.25, -0.2) is 8.42 Å². The highest BCUT2D eigenvalue weighted by Crippen LogP contribution is 2.57. The number of hydrogen-bond acceptors (Lipinski definition) is 3. The van der Waals surface area contributed by atoms with Gasteiger partial charge in [-0.05, 0) is 6.42 Å². The molecule has 0 aromatic carbocycles. The summed E-state index contributed by atoms with van der Waals surface area (Å²) in [4.78, 5) is 0. The van der Waals surface area contributed by atoms with E-state index in [1.54, 1.807) is 0 Å². The molecule has 0 spiro atoms. The first-order valence-corrected chi connectivity index (χ1v) is 5.51. The minimum absolute atomic E-state index is 0.397. The molecule has 2 atom stereocenters. The van der Waals surface area contributed by atoms with Crippen molar-refractivity contribution in [3.8, 4) is 0 Å². The Morgan fingerprint density at radius 3 is 2.08 bits per heavy atom. The van der Waals surface area contributed by atoms with Crippen molar-refractivity contribution < 1.29 is 21.6 Å². The third-order valence-electron chi connectivity index (χ3n) is 2.50. The lowest BCUT2D eigenvalue weighted by molar-refractivity contribution is -0.149. The average Bonchev–Trinajstić information content (AvgIpc) is 2.57. The molecule has 0 saturated heterocycles. The number of alkyl halides is 3. The Bertz CT molecular complexity index is 310. The second-order valence-corrected chi connectivity index (χ2v) is 5.70. The van der Waals surface area contributed by atoms with Gasteiger partial charge in [0, 0.05) is 12.8 Å². The van der Waals surface area contributed by atoms with Crippen LogP contribution in [0.3, 0.4) is 0 Å². The topological polar surface area (TPSA) is 60.2 Å². The Morgan fingerprint density at radius 1 is 1.54 bits per heavy atom. The third-order valence-corrected chi connectivity index (χ3v) is 4.60. The van der Waals surface area contributed by atoms with Crippen LogP contribution >= 0.6 is 0 Å². The largest absolute Gasteiger partial charge is 0.393 e. The number of sulfone groups is 1. The molecule has 3 nitrogen and oxygen atoms in total. The molecule has 13 heavy (non-hydrogen) atoms. The summed E-state index contributed by atoms with van der Waals surface area (Å²) >= 11 is 0. The molecule has 1 aliphatic carbocycles. The van der Waals surface area contributed by atoms with Crippen molar-refractivity contribution in [2.24, 2.45) is 11.7 Å². The Labute approximate surface area is 74.0 Å². The predicted octanol–water partition coefficient (Wildman–Crippen LogP) is 0.311. The molecule has 0 aromatic rings. The second-order valence-electron chi connectivity index (χ2n) is 3.34. The van der Waals surface area contributed by atoms with E-state index >= 15 is 0 Å². The van der Waals surface area contributed by atoms with Gasteiger partial charge < -0.3 is 5.73 Å². The monoisotopic (exact) mass is 217 g/mol. The summed E-state index contributed by atoms with van der Waals surface area (Å²) < 4.78 is 56.7. The number of nitrogens with two attached hydrogens (primary N) is 1. The van der Waals surface area contributed by atoms with E-state index in [0.29, 0.717) is 0 Å². The minimum atomic E-state index is -4.46. The molecular weight excluding hydrogens is 207 g/mol. The fraction of sp³-hybridized carbons (Fsp3) is 1.00. The molecule has 0 radical (unpaired) electrons. The van der Waals surface area contributed by atoms with Crippen LogP contribution in [-0.2, 0) is 9.84 Å². The lowest BCUT2D eigenvalue weighted by atomic mass is 10.3. The highest BCUT2D eigenvalue weighted by molar-refractivity contribution is 7.92. The average molecular weight is 217 g/mol. The van der Waals surface area contributed by atoms with Crippen molar-refractivity contribution in [2.45, 2.75) is 17.3 Å². The molecule has 1 saturated carbocycles. The highest BCUT2D eigenvalue weighted by atomic mass is 32.2. The van der Waals surface area contributed by atoms with E-state index in [9.17, 15) is 21.6 Å². The van der Waals surface area contributed by atoms with E-state index in [1.807, 2.05) is 0 Å². The summed E-state index contributed by atoms with van der Waals surface area (Å²) in [5, 5.41) is 0. The molecular formula is C6H10F3NO2S. The molecule has 78 valence electrons. The first kappa shape index (κ1) is 10.8. The number of rotatable bonds is 2. The van der Waals surface area contributed by atoms with E-state index < -0.39 is 39.6 Å². The SMILES string of the molecule is CS(=O)(=O)C1(CN)CC1C(F)(F)F. The van der Waals surface area contributed by atoms with Gasteiger partial charge in [-0.15, -0.1) is 0 Å². The Kier molecular flexibility index (Phi) is 2.16. The van der Waals surface area contributed by atoms with Crippen LogP contribution < -0.4 is 5.73 Å². The van der Waals surface area contributed by atoms with Gasteiger partial charge in [0.15, 0.2) is 9.84 Å². The highest BCUT2D eigenvalue weighted by Gasteiger charge is 2.71. The Morgan fingerprint density at radius 2 is 2.00 bits per heavy atom. The van der Waals surface area contributed by atoms with Gasteiger partial charge >= 0.3 is 6.18 Å². The molecule has 1 fully saturated rings. The molecule has 2 unspecified atom stereocenters. The third kappa shape index (κ3) is 1.54. The molecule has 0 heterocycles.